The molecule has 1 N–H and O–H groups in total. The van der Waals surface area contributed by atoms with E-state index in [1.54, 1.807) is 4.31 Å². The second-order valence-electron chi connectivity index (χ2n) is 9.80. The van der Waals surface area contributed by atoms with Crippen molar-refractivity contribution in [1.82, 2.24) is 8.87 Å². The molecule has 0 amide bonds. The molecule has 6 rings (SSSR count). The van der Waals surface area contributed by atoms with Crippen molar-refractivity contribution in [3.05, 3.63) is 78.1 Å². The molecular weight excluding hydrogens is 430 g/mol. The number of anilines is 1. The van der Waals surface area contributed by atoms with Crippen LogP contribution in [0.4, 0.5) is 5.69 Å². The molecule has 1 spiro atoms. The first kappa shape index (κ1) is 21.0. The second kappa shape index (κ2) is 8.03. The van der Waals surface area contributed by atoms with Crippen LogP contribution in [0.2, 0.25) is 0 Å². The SMILES string of the molecule is O=S(=O)(c1ccc(C2CCCCC2)cc1)N1CCC2(CC1)Nc1ccccc1-n1cccc12. The Kier molecular flexibility index (Phi) is 5.11. The number of hydrogen-bond acceptors (Lipinski definition) is 3. The lowest BCUT2D eigenvalue weighted by Crippen LogP contribution is -2.50. The van der Waals surface area contributed by atoms with Gasteiger partial charge in [-0.15, -0.1) is 0 Å². The minimum absolute atomic E-state index is 0.241. The van der Waals surface area contributed by atoms with Gasteiger partial charge in [0.05, 0.1) is 21.8 Å². The Morgan fingerprint density at radius 3 is 2.33 bits per heavy atom. The van der Waals surface area contributed by atoms with Crippen LogP contribution in [-0.4, -0.2) is 30.4 Å². The van der Waals surface area contributed by atoms with E-state index in [9.17, 15) is 8.42 Å². The van der Waals surface area contributed by atoms with Gasteiger partial charge in [-0.2, -0.15) is 4.31 Å². The van der Waals surface area contributed by atoms with Gasteiger partial charge in [0, 0.05) is 25.0 Å². The largest absolute Gasteiger partial charge is 0.372 e. The highest BCUT2D eigenvalue weighted by atomic mass is 32.2. The third-order valence-electron chi connectivity index (χ3n) is 7.95. The van der Waals surface area contributed by atoms with Gasteiger partial charge in [-0.3, -0.25) is 0 Å². The van der Waals surface area contributed by atoms with Crippen LogP contribution in [0.5, 0.6) is 0 Å². The third kappa shape index (κ3) is 3.51. The number of nitrogens with zero attached hydrogens (tertiary/aromatic N) is 2. The van der Waals surface area contributed by atoms with E-state index in [1.807, 2.05) is 30.3 Å². The Hall–Kier alpha value is -2.57. The molecule has 0 atom stereocenters. The summed E-state index contributed by atoms with van der Waals surface area (Å²) in [7, 11) is -3.49. The fourth-order valence-electron chi connectivity index (χ4n) is 6.08. The maximum absolute atomic E-state index is 13.4. The average Bonchev–Trinajstić information content (AvgIpc) is 3.37. The topological polar surface area (TPSA) is 54.3 Å². The number of para-hydroxylation sites is 2. The lowest BCUT2D eigenvalue weighted by Gasteiger charge is -2.45. The van der Waals surface area contributed by atoms with Crippen molar-refractivity contribution < 1.29 is 8.42 Å². The normalized spacial score (nSPS) is 20.7. The highest BCUT2D eigenvalue weighted by molar-refractivity contribution is 7.89. The summed E-state index contributed by atoms with van der Waals surface area (Å²) in [5, 5.41) is 3.77. The molecule has 5 nitrogen and oxygen atoms in total. The number of benzene rings is 2. The maximum Gasteiger partial charge on any atom is 0.243 e. The van der Waals surface area contributed by atoms with Crippen LogP contribution < -0.4 is 5.32 Å². The Bertz CT molecular complexity index is 1250. The molecule has 172 valence electrons. The summed E-state index contributed by atoms with van der Waals surface area (Å²) in [4.78, 5) is 0.420. The van der Waals surface area contributed by atoms with Crippen LogP contribution in [0.3, 0.4) is 0 Å². The summed E-state index contributed by atoms with van der Waals surface area (Å²) in [6.45, 7) is 1.01. The number of sulfonamides is 1. The molecular formula is C27H31N3O2S. The van der Waals surface area contributed by atoms with Gasteiger partial charge < -0.3 is 9.88 Å². The standard InChI is InChI=1S/C27H31N3O2S/c31-33(32,23-14-12-22(13-15-23)21-7-2-1-3-8-21)29-19-16-27(17-20-29)26-11-6-18-30(26)25-10-5-4-9-24(25)28-27/h4-6,9-15,18,21,28H,1-3,7-8,16-17,19-20H2. The zero-order valence-electron chi connectivity index (χ0n) is 18.9. The zero-order chi connectivity index (χ0) is 22.5. The van der Waals surface area contributed by atoms with E-state index in [4.69, 9.17) is 0 Å². The van der Waals surface area contributed by atoms with Gasteiger partial charge in [0.1, 0.15) is 0 Å². The molecule has 1 aromatic heterocycles. The molecule has 2 aliphatic heterocycles. The van der Waals surface area contributed by atoms with Crippen LogP contribution in [0.15, 0.2) is 71.8 Å². The molecule has 0 bridgehead atoms. The van der Waals surface area contributed by atoms with Crippen molar-refractivity contribution in [2.45, 2.75) is 61.3 Å². The van der Waals surface area contributed by atoms with Gasteiger partial charge in [0.15, 0.2) is 0 Å². The number of fused-ring (bicyclic) bond motifs is 4. The quantitative estimate of drug-likeness (QED) is 0.550. The first-order valence-corrected chi connectivity index (χ1v) is 13.7. The van der Waals surface area contributed by atoms with Gasteiger partial charge in [0.2, 0.25) is 10.0 Å². The van der Waals surface area contributed by atoms with E-state index in [1.165, 1.54) is 43.4 Å². The van der Waals surface area contributed by atoms with Crippen molar-refractivity contribution >= 4 is 15.7 Å². The Morgan fingerprint density at radius 1 is 0.848 bits per heavy atom. The van der Waals surface area contributed by atoms with E-state index in [2.05, 4.69) is 46.4 Å². The molecule has 0 radical (unpaired) electrons. The van der Waals surface area contributed by atoms with Crippen LogP contribution in [0, 0.1) is 0 Å². The van der Waals surface area contributed by atoms with Crippen LogP contribution >= 0.6 is 0 Å². The highest BCUT2D eigenvalue weighted by Gasteiger charge is 2.43. The van der Waals surface area contributed by atoms with Crippen molar-refractivity contribution in [3.8, 4) is 5.69 Å². The van der Waals surface area contributed by atoms with E-state index in [-0.39, 0.29) is 5.54 Å². The summed E-state index contributed by atoms with van der Waals surface area (Å²) in [6, 6.07) is 20.3. The van der Waals surface area contributed by atoms with E-state index >= 15 is 0 Å². The smallest absolute Gasteiger partial charge is 0.243 e. The fourth-order valence-corrected chi connectivity index (χ4v) is 7.52. The molecule has 1 saturated heterocycles. The van der Waals surface area contributed by atoms with Crippen molar-refractivity contribution in [1.29, 1.82) is 0 Å². The molecule has 3 aliphatic rings. The summed E-state index contributed by atoms with van der Waals surface area (Å²) in [5.74, 6) is 0.585. The predicted molar refractivity (Wildman–Crippen MR) is 131 cm³/mol. The van der Waals surface area contributed by atoms with Crippen molar-refractivity contribution in [2.24, 2.45) is 0 Å². The van der Waals surface area contributed by atoms with Gasteiger partial charge in [-0.1, -0.05) is 43.5 Å². The maximum atomic E-state index is 13.4. The lowest BCUT2D eigenvalue weighted by atomic mass is 9.83. The molecule has 3 heterocycles. The van der Waals surface area contributed by atoms with Crippen LogP contribution in [0.1, 0.15) is 62.1 Å². The predicted octanol–water partition coefficient (Wildman–Crippen LogP) is 5.63. The molecule has 1 aliphatic carbocycles. The Morgan fingerprint density at radius 2 is 1.58 bits per heavy atom. The Labute approximate surface area is 196 Å². The Balaban J connectivity index is 1.21. The average molecular weight is 462 g/mol. The lowest BCUT2D eigenvalue weighted by molar-refractivity contribution is 0.247. The number of rotatable bonds is 3. The van der Waals surface area contributed by atoms with Gasteiger partial charge in [-0.05, 0) is 73.6 Å². The van der Waals surface area contributed by atoms with Crippen LogP contribution in [0.25, 0.3) is 5.69 Å². The van der Waals surface area contributed by atoms with Crippen LogP contribution in [-0.2, 0) is 15.6 Å². The fraction of sp³-hybridized carbons (Fsp3) is 0.407. The van der Waals surface area contributed by atoms with Gasteiger partial charge >= 0.3 is 0 Å². The first-order chi connectivity index (χ1) is 16.1. The number of hydrogen-bond donors (Lipinski definition) is 1. The molecule has 3 aromatic rings. The molecule has 2 fully saturated rings. The minimum atomic E-state index is -3.49. The third-order valence-corrected chi connectivity index (χ3v) is 9.86. The second-order valence-corrected chi connectivity index (χ2v) is 11.7. The van der Waals surface area contributed by atoms with Gasteiger partial charge in [-0.25, -0.2) is 8.42 Å². The van der Waals surface area contributed by atoms with E-state index in [0.717, 1.165) is 24.2 Å². The van der Waals surface area contributed by atoms with E-state index < -0.39 is 10.0 Å². The summed E-state index contributed by atoms with van der Waals surface area (Å²) in [5.41, 5.74) is 4.52. The van der Waals surface area contributed by atoms with Crippen molar-refractivity contribution in [3.63, 3.8) is 0 Å². The number of piperidine rings is 1. The molecule has 1 saturated carbocycles. The molecule has 33 heavy (non-hydrogen) atoms. The first-order valence-electron chi connectivity index (χ1n) is 12.2. The molecule has 6 heteroatoms. The minimum Gasteiger partial charge on any atom is -0.372 e. The summed E-state index contributed by atoms with van der Waals surface area (Å²) >= 11 is 0. The number of nitrogens with one attached hydrogen (secondary N) is 1. The summed E-state index contributed by atoms with van der Waals surface area (Å²) < 4.78 is 30.8. The molecule has 0 unspecified atom stereocenters. The monoisotopic (exact) mass is 461 g/mol. The van der Waals surface area contributed by atoms with E-state index in [0.29, 0.717) is 23.9 Å². The molecule has 2 aromatic carbocycles. The summed E-state index contributed by atoms with van der Waals surface area (Å²) in [6.07, 6.45) is 9.91. The number of aromatic nitrogens is 1. The highest BCUT2D eigenvalue weighted by Crippen LogP contribution is 2.44. The zero-order valence-corrected chi connectivity index (χ0v) is 19.7. The van der Waals surface area contributed by atoms with Gasteiger partial charge in [0.25, 0.3) is 0 Å². The van der Waals surface area contributed by atoms with Crippen molar-refractivity contribution in [2.75, 3.05) is 18.4 Å².